The standard InChI is InChI=1S/C17H22N4O4S/c1-14(13-20-8-2-7-18-20)19-17(22)15-3-5-16(6-4-15)26(23,24)21-9-11-25-12-10-21/h2-8,14H,9-13H2,1H3,(H,19,22). The van der Waals surface area contributed by atoms with E-state index in [1.165, 1.54) is 28.6 Å². The zero-order valence-electron chi connectivity index (χ0n) is 14.5. The van der Waals surface area contributed by atoms with Crippen molar-refractivity contribution in [2.75, 3.05) is 26.3 Å². The highest BCUT2D eigenvalue weighted by atomic mass is 32.2. The number of hydrogen-bond acceptors (Lipinski definition) is 5. The van der Waals surface area contributed by atoms with Crippen LogP contribution in [0.2, 0.25) is 0 Å². The average molecular weight is 378 g/mol. The molecule has 3 rings (SSSR count). The number of sulfonamides is 1. The van der Waals surface area contributed by atoms with Crippen LogP contribution >= 0.6 is 0 Å². The first-order chi connectivity index (χ1) is 12.5. The maximum atomic E-state index is 12.6. The molecule has 1 aliphatic rings. The highest BCUT2D eigenvalue weighted by Gasteiger charge is 2.26. The molecule has 0 radical (unpaired) electrons. The smallest absolute Gasteiger partial charge is 0.251 e. The van der Waals surface area contributed by atoms with Gasteiger partial charge in [0.15, 0.2) is 0 Å². The van der Waals surface area contributed by atoms with Crippen LogP contribution in [0.4, 0.5) is 0 Å². The Morgan fingerprint density at radius 1 is 1.27 bits per heavy atom. The molecule has 1 fully saturated rings. The van der Waals surface area contributed by atoms with Gasteiger partial charge in [0, 0.05) is 37.1 Å². The number of aromatic nitrogens is 2. The van der Waals surface area contributed by atoms with Gasteiger partial charge in [-0.2, -0.15) is 9.40 Å². The summed E-state index contributed by atoms with van der Waals surface area (Å²) < 4.78 is 33.5. The van der Waals surface area contributed by atoms with Gasteiger partial charge in [0.1, 0.15) is 0 Å². The van der Waals surface area contributed by atoms with Crippen LogP contribution in [-0.2, 0) is 21.3 Å². The summed E-state index contributed by atoms with van der Waals surface area (Å²) in [5.74, 6) is -0.250. The van der Waals surface area contributed by atoms with E-state index in [4.69, 9.17) is 4.74 Å². The van der Waals surface area contributed by atoms with Crippen molar-refractivity contribution in [2.24, 2.45) is 0 Å². The molecular formula is C17H22N4O4S. The first-order valence-corrected chi connectivity index (χ1v) is 9.87. The number of amides is 1. The summed E-state index contributed by atoms with van der Waals surface area (Å²) in [6, 6.07) is 7.71. The molecule has 0 bridgehead atoms. The molecule has 1 N–H and O–H groups in total. The third kappa shape index (κ3) is 4.29. The van der Waals surface area contributed by atoms with Gasteiger partial charge in [0.2, 0.25) is 10.0 Å². The topological polar surface area (TPSA) is 93.5 Å². The Balaban J connectivity index is 1.64. The van der Waals surface area contributed by atoms with Crippen molar-refractivity contribution < 1.29 is 17.9 Å². The minimum absolute atomic E-state index is 0.112. The van der Waals surface area contributed by atoms with E-state index in [1.807, 2.05) is 19.2 Å². The molecule has 140 valence electrons. The van der Waals surface area contributed by atoms with E-state index in [1.54, 1.807) is 10.9 Å². The molecule has 9 heteroatoms. The minimum Gasteiger partial charge on any atom is -0.379 e. The molecule has 1 saturated heterocycles. The van der Waals surface area contributed by atoms with Crippen molar-refractivity contribution in [1.29, 1.82) is 0 Å². The van der Waals surface area contributed by atoms with Gasteiger partial charge in [-0.3, -0.25) is 9.48 Å². The second-order valence-electron chi connectivity index (χ2n) is 6.14. The number of carbonyl (C=O) groups excluding carboxylic acids is 1. The number of nitrogens with zero attached hydrogens (tertiary/aromatic N) is 3. The number of rotatable bonds is 6. The van der Waals surface area contributed by atoms with E-state index >= 15 is 0 Å². The van der Waals surface area contributed by atoms with Gasteiger partial charge in [-0.25, -0.2) is 8.42 Å². The molecule has 1 unspecified atom stereocenters. The van der Waals surface area contributed by atoms with Gasteiger partial charge in [-0.15, -0.1) is 0 Å². The van der Waals surface area contributed by atoms with E-state index in [0.29, 0.717) is 38.4 Å². The third-order valence-corrected chi connectivity index (χ3v) is 6.03. The number of carbonyl (C=O) groups is 1. The molecule has 8 nitrogen and oxygen atoms in total. The van der Waals surface area contributed by atoms with Gasteiger partial charge in [0.05, 0.1) is 24.7 Å². The van der Waals surface area contributed by atoms with Gasteiger partial charge < -0.3 is 10.1 Å². The van der Waals surface area contributed by atoms with Crippen LogP contribution in [-0.4, -0.2) is 60.8 Å². The Kier molecular flexibility index (Phi) is 5.70. The quantitative estimate of drug-likeness (QED) is 0.800. The zero-order valence-corrected chi connectivity index (χ0v) is 15.4. The Morgan fingerprint density at radius 2 is 1.96 bits per heavy atom. The van der Waals surface area contributed by atoms with Gasteiger partial charge in [0.25, 0.3) is 5.91 Å². The molecular weight excluding hydrogens is 356 g/mol. The summed E-state index contributed by atoms with van der Waals surface area (Å²) >= 11 is 0. The maximum Gasteiger partial charge on any atom is 0.251 e. The van der Waals surface area contributed by atoms with Crippen LogP contribution in [0.1, 0.15) is 17.3 Å². The number of morpholine rings is 1. The summed E-state index contributed by atoms with van der Waals surface area (Å²) in [5, 5.41) is 6.98. The van der Waals surface area contributed by atoms with Gasteiger partial charge in [-0.05, 0) is 37.3 Å². The van der Waals surface area contributed by atoms with Crippen molar-refractivity contribution in [2.45, 2.75) is 24.4 Å². The SMILES string of the molecule is CC(Cn1cccn1)NC(=O)c1ccc(S(=O)(=O)N2CCOCC2)cc1. The predicted octanol–water partition coefficient (Wildman–Crippen LogP) is 0.723. The fourth-order valence-corrected chi connectivity index (χ4v) is 4.16. The monoisotopic (exact) mass is 378 g/mol. The molecule has 0 saturated carbocycles. The summed E-state index contributed by atoms with van der Waals surface area (Å²) in [4.78, 5) is 12.5. The first kappa shape index (κ1) is 18.6. The number of benzene rings is 1. The first-order valence-electron chi connectivity index (χ1n) is 8.43. The lowest BCUT2D eigenvalue weighted by molar-refractivity contribution is 0.0730. The van der Waals surface area contributed by atoms with E-state index in [-0.39, 0.29) is 16.8 Å². The van der Waals surface area contributed by atoms with Gasteiger partial charge >= 0.3 is 0 Å². The molecule has 1 amide bonds. The van der Waals surface area contributed by atoms with Crippen LogP contribution in [0.25, 0.3) is 0 Å². The van der Waals surface area contributed by atoms with Crippen molar-refractivity contribution in [3.05, 3.63) is 48.3 Å². The van der Waals surface area contributed by atoms with Crippen LogP contribution in [0, 0.1) is 0 Å². The highest BCUT2D eigenvalue weighted by molar-refractivity contribution is 7.89. The molecule has 1 atom stereocenters. The molecule has 0 aliphatic carbocycles. The van der Waals surface area contributed by atoms with Gasteiger partial charge in [-0.1, -0.05) is 0 Å². The molecule has 2 heterocycles. The lowest BCUT2D eigenvalue weighted by Crippen LogP contribution is -2.40. The maximum absolute atomic E-state index is 12.6. The van der Waals surface area contributed by atoms with Crippen molar-refractivity contribution in [3.8, 4) is 0 Å². The van der Waals surface area contributed by atoms with Crippen molar-refractivity contribution in [1.82, 2.24) is 19.4 Å². The van der Waals surface area contributed by atoms with E-state index in [2.05, 4.69) is 10.4 Å². The average Bonchev–Trinajstić information content (AvgIpc) is 3.15. The van der Waals surface area contributed by atoms with E-state index in [0.717, 1.165) is 0 Å². The Hall–Kier alpha value is -2.23. The Bertz CT molecular complexity index is 828. The lowest BCUT2D eigenvalue weighted by Gasteiger charge is -2.26. The number of nitrogens with one attached hydrogen (secondary N) is 1. The molecule has 2 aromatic rings. The molecule has 0 spiro atoms. The predicted molar refractivity (Wildman–Crippen MR) is 95.2 cm³/mol. The number of hydrogen-bond donors (Lipinski definition) is 1. The largest absolute Gasteiger partial charge is 0.379 e. The molecule has 1 aromatic carbocycles. The van der Waals surface area contributed by atoms with Crippen molar-refractivity contribution in [3.63, 3.8) is 0 Å². The third-order valence-electron chi connectivity index (χ3n) is 4.12. The van der Waals surface area contributed by atoms with E-state index < -0.39 is 10.0 Å². The van der Waals surface area contributed by atoms with Crippen LogP contribution in [0.3, 0.4) is 0 Å². The normalized spacial score (nSPS) is 17.0. The summed E-state index contributed by atoms with van der Waals surface area (Å²) in [7, 11) is -3.55. The minimum atomic E-state index is -3.55. The van der Waals surface area contributed by atoms with Crippen molar-refractivity contribution >= 4 is 15.9 Å². The lowest BCUT2D eigenvalue weighted by atomic mass is 10.2. The van der Waals surface area contributed by atoms with Crippen LogP contribution < -0.4 is 5.32 Å². The highest BCUT2D eigenvalue weighted by Crippen LogP contribution is 2.17. The zero-order chi connectivity index (χ0) is 18.6. The number of ether oxygens (including phenoxy) is 1. The second kappa shape index (κ2) is 7.98. The molecule has 1 aliphatic heterocycles. The Morgan fingerprint density at radius 3 is 2.58 bits per heavy atom. The van der Waals surface area contributed by atoms with E-state index in [9.17, 15) is 13.2 Å². The van der Waals surface area contributed by atoms with Crippen LogP contribution in [0.15, 0.2) is 47.6 Å². The fraction of sp³-hybridized carbons (Fsp3) is 0.412. The summed E-state index contributed by atoms with van der Waals surface area (Å²) in [6.45, 7) is 3.92. The Labute approximate surface area is 152 Å². The summed E-state index contributed by atoms with van der Waals surface area (Å²) in [5.41, 5.74) is 0.415. The molecule has 26 heavy (non-hydrogen) atoms. The molecule has 1 aromatic heterocycles. The second-order valence-corrected chi connectivity index (χ2v) is 8.08. The van der Waals surface area contributed by atoms with Crippen LogP contribution in [0.5, 0.6) is 0 Å². The fourth-order valence-electron chi connectivity index (χ4n) is 2.76. The summed E-state index contributed by atoms with van der Waals surface area (Å²) in [6.07, 6.45) is 3.51.